The quantitative estimate of drug-likeness (QED) is 0.814. The summed E-state index contributed by atoms with van der Waals surface area (Å²) in [6.07, 6.45) is 1.84. The predicted molar refractivity (Wildman–Crippen MR) is 62.1 cm³/mol. The first-order valence-electron chi connectivity index (χ1n) is 5.44. The van der Waals surface area contributed by atoms with E-state index in [0.29, 0.717) is 11.8 Å². The number of aromatic nitrogens is 3. The molecule has 2 aromatic heterocycles. The monoisotopic (exact) mass is 203 g/mol. The Morgan fingerprint density at radius 1 is 1.13 bits per heavy atom. The second kappa shape index (κ2) is 3.65. The molecule has 0 saturated heterocycles. The molecule has 2 rings (SSSR count). The molecular weight excluding hydrogens is 186 g/mol. The molecule has 0 aliphatic carbocycles. The summed E-state index contributed by atoms with van der Waals surface area (Å²) in [5, 5.41) is 8.55. The lowest BCUT2D eigenvalue weighted by atomic mass is 9.97. The smallest absolute Gasteiger partial charge is 0.181 e. The Morgan fingerprint density at radius 2 is 1.87 bits per heavy atom. The molecule has 15 heavy (non-hydrogen) atoms. The molecular formula is C12H17N3. The molecule has 3 heteroatoms. The van der Waals surface area contributed by atoms with Gasteiger partial charge in [0.15, 0.2) is 5.65 Å². The summed E-state index contributed by atoms with van der Waals surface area (Å²) in [4.78, 5) is 4.28. The highest BCUT2D eigenvalue weighted by Crippen LogP contribution is 2.28. The molecule has 0 aliphatic heterocycles. The summed E-state index contributed by atoms with van der Waals surface area (Å²) >= 11 is 0. The maximum atomic E-state index is 4.28. The molecule has 0 atom stereocenters. The van der Waals surface area contributed by atoms with Gasteiger partial charge in [-0.25, -0.2) is 4.98 Å². The van der Waals surface area contributed by atoms with E-state index < -0.39 is 0 Å². The second-order valence-corrected chi connectivity index (χ2v) is 4.55. The van der Waals surface area contributed by atoms with Gasteiger partial charge in [0.1, 0.15) is 0 Å². The summed E-state index contributed by atoms with van der Waals surface area (Å²) < 4.78 is 0. The Bertz CT molecular complexity index is 469. The first-order valence-corrected chi connectivity index (χ1v) is 5.44. The molecule has 1 N–H and O–H groups in total. The van der Waals surface area contributed by atoms with E-state index in [1.807, 2.05) is 6.20 Å². The zero-order valence-electron chi connectivity index (χ0n) is 9.70. The van der Waals surface area contributed by atoms with Crippen molar-refractivity contribution in [2.24, 2.45) is 0 Å². The Labute approximate surface area is 89.9 Å². The molecule has 2 heterocycles. The van der Waals surface area contributed by atoms with Gasteiger partial charge in [-0.1, -0.05) is 27.7 Å². The Balaban J connectivity index is 2.75. The van der Waals surface area contributed by atoms with Crippen LogP contribution in [0.25, 0.3) is 11.0 Å². The first-order chi connectivity index (χ1) is 7.11. The number of fused-ring (bicyclic) bond motifs is 1. The van der Waals surface area contributed by atoms with E-state index in [0.717, 1.165) is 5.65 Å². The maximum absolute atomic E-state index is 4.28. The fourth-order valence-corrected chi connectivity index (χ4v) is 1.89. The largest absolute Gasteiger partial charge is 0.279 e. The zero-order valence-corrected chi connectivity index (χ0v) is 9.70. The maximum Gasteiger partial charge on any atom is 0.181 e. The van der Waals surface area contributed by atoms with Crippen molar-refractivity contribution in [2.75, 3.05) is 0 Å². The molecule has 0 unspecified atom stereocenters. The average molecular weight is 203 g/mol. The molecule has 0 aromatic carbocycles. The van der Waals surface area contributed by atoms with Gasteiger partial charge in [-0.15, -0.1) is 0 Å². The summed E-state index contributed by atoms with van der Waals surface area (Å²) in [6.45, 7) is 8.74. The number of aromatic amines is 1. The van der Waals surface area contributed by atoms with Crippen LogP contribution in [0.1, 0.15) is 50.8 Å². The van der Waals surface area contributed by atoms with E-state index in [1.54, 1.807) is 0 Å². The minimum atomic E-state index is 0.455. The fourth-order valence-electron chi connectivity index (χ4n) is 1.89. The lowest BCUT2D eigenvalue weighted by Gasteiger charge is -2.09. The van der Waals surface area contributed by atoms with Crippen LogP contribution in [0.4, 0.5) is 0 Å². The third kappa shape index (κ3) is 1.62. The standard InChI is InChI=1S/C12H17N3/c1-7(2)9-5-6-13-12-10(9)11(8(3)4)14-15-12/h5-8H,1-4H3,(H,13,14,15). The van der Waals surface area contributed by atoms with E-state index >= 15 is 0 Å². The van der Waals surface area contributed by atoms with Gasteiger partial charge < -0.3 is 0 Å². The fraction of sp³-hybridized carbons (Fsp3) is 0.500. The van der Waals surface area contributed by atoms with Crippen LogP contribution < -0.4 is 0 Å². The SMILES string of the molecule is CC(C)c1ccnc2n[nH]c(C(C)C)c12. The van der Waals surface area contributed by atoms with E-state index in [1.165, 1.54) is 16.6 Å². The van der Waals surface area contributed by atoms with Crippen molar-refractivity contribution >= 4 is 11.0 Å². The number of H-pyrrole nitrogens is 1. The van der Waals surface area contributed by atoms with Crippen LogP contribution in [0.3, 0.4) is 0 Å². The third-order valence-electron chi connectivity index (χ3n) is 2.71. The minimum absolute atomic E-state index is 0.455. The van der Waals surface area contributed by atoms with Crippen LogP contribution in [0.15, 0.2) is 12.3 Å². The Kier molecular flexibility index (Phi) is 2.47. The lowest BCUT2D eigenvalue weighted by Crippen LogP contribution is -1.94. The summed E-state index contributed by atoms with van der Waals surface area (Å²) in [5.74, 6) is 0.960. The second-order valence-electron chi connectivity index (χ2n) is 4.55. The van der Waals surface area contributed by atoms with Gasteiger partial charge in [0.05, 0.1) is 0 Å². The molecule has 0 bridgehead atoms. The van der Waals surface area contributed by atoms with Crippen molar-refractivity contribution in [2.45, 2.75) is 39.5 Å². The summed E-state index contributed by atoms with van der Waals surface area (Å²) in [7, 11) is 0. The number of pyridine rings is 1. The van der Waals surface area contributed by atoms with Crippen LogP contribution in [0.2, 0.25) is 0 Å². The van der Waals surface area contributed by atoms with Gasteiger partial charge in [0, 0.05) is 17.3 Å². The Hall–Kier alpha value is -1.38. The number of hydrogen-bond acceptors (Lipinski definition) is 2. The molecule has 0 fully saturated rings. The van der Waals surface area contributed by atoms with Gasteiger partial charge in [0.25, 0.3) is 0 Å². The molecule has 0 aliphatic rings. The van der Waals surface area contributed by atoms with Gasteiger partial charge >= 0.3 is 0 Å². The van der Waals surface area contributed by atoms with E-state index in [9.17, 15) is 0 Å². The number of rotatable bonds is 2. The molecule has 0 spiro atoms. The van der Waals surface area contributed by atoms with Crippen LogP contribution in [-0.2, 0) is 0 Å². The zero-order chi connectivity index (χ0) is 11.0. The van der Waals surface area contributed by atoms with Crippen molar-refractivity contribution in [3.63, 3.8) is 0 Å². The van der Waals surface area contributed by atoms with E-state index in [2.05, 4.69) is 48.9 Å². The van der Waals surface area contributed by atoms with Gasteiger partial charge in [-0.3, -0.25) is 5.10 Å². The van der Waals surface area contributed by atoms with Crippen molar-refractivity contribution < 1.29 is 0 Å². The first kappa shape index (κ1) is 10.1. The summed E-state index contributed by atoms with van der Waals surface area (Å²) in [6, 6.07) is 2.09. The topological polar surface area (TPSA) is 41.6 Å². The van der Waals surface area contributed by atoms with Crippen LogP contribution in [-0.4, -0.2) is 15.2 Å². The number of nitrogens with one attached hydrogen (secondary N) is 1. The minimum Gasteiger partial charge on any atom is -0.279 e. The van der Waals surface area contributed by atoms with Crippen LogP contribution >= 0.6 is 0 Å². The molecule has 2 aromatic rings. The highest BCUT2D eigenvalue weighted by molar-refractivity contribution is 5.82. The third-order valence-corrected chi connectivity index (χ3v) is 2.71. The van der Waals surface area contributed by atoms with Crippen LogP contribution in [0.5, 0.6) is 0 Å². The number of hydrogen-bond donors (Lipinski definition) is 1. The molecule has 80 valence electrons. The predicted octanol–water partition coefficient (Wildman–Crippen LogP) is 3.20. The van der Waals surface area contributed by atoms with Crippen molar-refractivity contribution in [1.82, 2.24) is 15.2 Å². The Morgan fingerprint density at radius 3 is 2.47 bits per heavy atom. The molecule has 0 amide bonds. The van der Waals surface area contributed by atoms with Crippen molar-refractivity contribution in [3.05, 3.63) is 23.5 Å². The van der Waals surface area contributed by atoms with E-state index in [-0.39, 0.29) is 0 Å². The van der Waals surface area contributed by atoms with Gasteiger partial charge in [-0.05, 0) is 23.5 Å². The average Bonchev–Trinajstić information content (AvgIpc) is 2.60. The highest BCUT2D eigenvalue weighted by Gasteiger charge is 2.14. The highest BCUT2D eigenvalue weighted by atomic mass is 15.1. The van der Waals surface area contributed by atoms with Crippen molar-refractivity contribution in [3.8, 4) is 0 Å². The van der Waals surface area contributed by atoms with Crippen LogP contribution in [0, 0.1) is 0 Å². The van der Waals surface area contributed by atoms with Gasteiger partial charge in [-0.2, -0.15) is 5.10 Å². The number of nitrogens with zero attached hydrogens (tertiary/aromatic N) is 2. The van der Waals surface area contributed by atoms with Gasteiger partial charge in [0.2, 0.25) is 0 Å². The normalized spacial score (nSPS) is 11.9. The molecule has 0 saturated carbocycles. The molecule has 3 nitrogen and oxygen atoms in total. The van der Waals surface area contributed by atoms with Crippen molar-refractivity contribution in [1.29, 1.82) is 0 Å². The lowest BCUT2D eigenvalue weighted by molar-refractivity contribution is 0.812. The van der Waals surface area contributed by atoms with E-state index in [4.69, 9.17) is 0 Å². The summed E-state index contributed by atoms with van der Waals surface area (Å²) in [5.41, 5.74) is 3.36. The molecule has 0 radical (unpaired) electrons.